The SMILES string of the molecule is N#Cc1ccc([N+]2(OC(=O)O)CCNC2=O)cc1.[KH]. The Hall–Kier alpha value is -0.954. The van der Waals surface area contributed by atoms with E-state index in [2.05, 4.69) is 5.32 Å². The fourth-order valence-electron chi connectivity index (χ4n) is 1.85. The third-order valence-electron chi connectivity index (χ3n) is 2.68. The van der Waals surface area contributed by atoms with Gasteiger partial charge in [-0.2, -0.15) is 10.1 Å². The predicted octanol–water partition coefficient (Wildman–Crippen LogP) is 0.550. The normalized spacial score (nSPS) is 20.9. The molecule has 0 saturated carbocycles. The summed E-state index contributed by atoms with van der Waals surface area (Å²) in [5, 5.41) is 20.0. The molecule has 19 heavy (non-hydrogen) atoms. The summed E-state index contributed by atoms with van der Waals surface area (Å²) in [5.41, 5.74) is 0.790. The number of urea groups is 1. The van der Waals surface area contributed by atoms with Crippen LogP contribution >= 0.6 is 0 Å². The number of nitrogens with one attached hydrogen (secondary N) is 1. The van der Waals surface area contributed by atoms with E-state index in [0.29, 0.717) is 17.8 Å². The van der Waals surface area contributed by atoms with Gasteiger partial charge in [0.25, 0.3) is 0 Å². The molecule has 7 nitrogen and oxygen atoms in total. The molecule has 0 spiro atoms. The Kier molecular flexibility index (Phi) is 5.48. The molecule has 0 aromatic heterocycles. The van der Waals surface area contributed by atoms with Gasteiger partial charge in [-0.15, -0.1) is 0 Å². The molecule has 94 valence electrons. The standard InChI is InChI=1S/C11H9N3O4.K.H/c12-7-8-1-3-9(4-2-8)14(18-11(16)17)6-5-13-10(14)15;;/h1-4H,5-6H2,(H-,13,15,16,17);;/p+1. The van der Waals surface area contributed by atoms with Crippen LogP contribution in [-0.4, -0.2) is 81.8 Å². The zero-order valence-electron chi connectivity index (χ0n) is 9.29. The zero-order valence-corrected chi connectivity index (χ0v) is 9.29. The van der Waals surface area contributed by atoms with Crippen molar-refractivity contribution < 1.29 is 19.5 Å². The monoisotopic (exact) mass is 288 g/mol. The van der Waals surface area contributed by atoms with E-state index in [4.69, 9.17) is 15.2 Å². The van der Waals surface area contributed by atoms with Gasteiger partial charge in [0.15, 0.2) is 12.2 Å². The molecule has 0 aliphatic carbocycles. The van der Waals surface area contributed by atoms with Crippen molar-refractivity contribution in [1.82, 2.24) is 9.96 Å². The van der Waals surface area contributed by atoms with Crippen molar-refractivity contribution in [2.45, 2.75) is 0 Å². The first-order chi connectivity index (χ1) is 8.58. The fraction of sp³-hybridized carbons (Fsp3) is 0.182. The summed E-state index contributed by atoms with van der Waals surface area (Å²) < 4.78 is -0.749. The average molecular weight is 288 g/mol. The molecule has 1 aliphatic rings. The van der Waals surface area contributed by atoms with Crippen molar-refractivity contribution in [3.05, 3.63) is 29.8 Å². The van der Waals surface area contributed by atoms with Gasteiger partial charge in [-0.25, -0.2) is 9.63 Å². The van der Waals surface area contributed by atoms with Crippen molar-refractivity contribution in [3.8, 4) is 6.07 Å². The number of carboxylic acid groups (broad SMARTS) is 1. The molecule has 1 aliphatic heterocycles. The molecular weight excluding hydrogens is 277 g/mol. The van der Waals surface area contributed by atoms with Crippen molar-refractivity contribution in [2.24, 2.45) is 0 Å². The zero-order chi connectivity index (χ0) is 13.2. The maximum atomic E-state index is 11.8. The van der Waals surface area contributed by atoms with Crippen LogP contribution < -0.4 is 9.96 Å². The Balaban J connectivity index is 0.00000180. The van der Waals surface area contributed by atoms with Crippen LogP contribution in [0.25, 0.3) is 0 Å². The third-order valence-corrected chi connectivity index (χ3v) is 2.68. The average Bonchev–Trinajstić information content (AvgIpc) is 2.71. The predicted molar refractivity (Wildman–Crippen MR) is 67.5 cm³/mol. The Labute approximate surface area is 151 Å². The number of hydroxylamine groups is 2. The number of hydrogen-bond donors (Lipinski definition) is 2. The first-order valence-corrected chi connectivity index (χ1v) is 5.18. The van der Waals surface area contributed by atoms with E-state index < -0.39 is 16.8 Å². The maximum absolute atomic E-state index is 11.8. The molecule has 1 aromatic carbocycles. The summed E-state index contributed by atoms with van der Waals surface area (Å²) >= 11 is 0. The number of amides is 2. The second kappa shape index (κ2) is 6.47. The Morgan fingerprint density at radius 3 is 2.47 bits per heavy atom. The number of quaternary nitrogens is 1. The van der Waals surface area contributed by atoms with Crippen molar-refractivity contribution in [2.75, 3.05) is 13.1 Å². The van der Waals surface area contributed by atoms with Gasteiger partial charge in [0.1, 0.15) is 0 Å². The van der Waals surface area contributed by atoms with Gasteiger partial charge in [-0.1, -0.05) is 0 Å². The van der Waals surface area contributed by atoms with E-state index in [1.807, 2.05) is 6.07 Å². The fourth-order valence-corrected chi connectivity index (χ4v) is 1.85. The number of nitriles is 1. The van der Waals surface area contributed by atoms with Crippen molar-refractivity contribution in [3.63, 3.8) is 0 Å². The molecule has 2 N–H and O–H groups in total. The molecule has 2 rings (SSSR count). The van der Waals surface area contributed by atoms with Crippen molar-refractivity contribution >= 4 is 69.3 Å². The number of carbonyl (C=O) groups excluding carboxylic acids is 1. The van der Waals surface area contributed by atoms with Crippen LogP contribution in [0.15, 0.2) is 24.3 Å². The number of rotatable bonds is 2. The Morgan fingerprint density at radius 2 is 2.05 bits per heavy atom. The molecule has 1 aromatic rings. The van der Waals surface area contributed by atoms with Gasteiger partial charge in [0, 0.05) is 12.1 Å². The van der Waals surface area contributed by atoms with E-state index in [0.717, 1.165) is 0 Å². The second-order valence-corrected chi connectivity index (χ2v) is 3.71. The van der Waals surface area contributed by atoms with Crippen LogP contribution in [0.5, 0.6) is 0 Å². The van der Waals surface area contributed by atoms with E-state index in [9.17, 15) is 9.59 Å². The van der Waals surface area contributed by atoms with Gasteiger partial charge >= 0.3 is 63.6 Å². The van der Waals surface area contributed by atoms with Gasteiger partial charge < -0.3 is 5.11 Å². The first kappa shape index (κ1) is 16.1. The number of nitrogens with zero attached hydrogens (tertiary/aromatic N) is 2. The quantitative estimate of drug-likeness (QED) is 0.611. The summed E-state index contributed by atoms with van der Waals surface area (Å²) in [4.78, 5) is 27.3. The summed E-state index contributed by atoms with van der Waals surface area (Å²) in [7, 11) is 0. The topological polar surface area (TPSA) is 99.4 Å². The molecule has 1 fully saturated rings. The van der Waals surface area contributed by atoms with Crippen LogP contribution in [0.2, 0.25) is 0 Å². The van der Waals surface area contributed by atoms with Gasteiger partial charge in [0.05, 0.1) is 18.2 Å². The molecule has 1 saturated heterocycles. The Bertz CT molecular complexity index is 540. The summed E-state index contributed by atoms with van der Waals surface area (Å²) in [6, 6.07) is 7.43. The van der Waals surface area contributed by atoms with E-state index >= 15 is 0 Å². The summed E-state index contributed by atoms with van der Waals surface area (Å²) in [5.74, 6) is 0. The van der Waals surface area contributed by atoms with E-state index in [1.165, 1.54) is 24.3 Å². The van der Waals surface area contributed by atoms with Crippen LogP contribution in [0.1, 0.15) is 5.56 Å². The minimum atomic E-state index is -1.53. The first-order valence-electron chi connectivity index (χ1n) is 5.18. The van der Waals surface area contributed by atoms with Gasteiger partial charge in [-0.05, 0) is 16.8 Å². The number of hydrogen-bond acceptors (Lipinski definition) is 4. The number of benzene rings is 1. The Morgan fingerprint density at radius 1 is 1.42 bits per heavy atom. The van der Waals surface area contributed by atoms with E-state index in [1.54, 1.807) is 0 Å². The second-order valence-electron chi connectivity index (χ2n) is 3.71. The number of carbonyl (C=O) groups is 2. The summed E-state index contributed by atoms with van der Waals surface area (Å²) in [6.45, 7) is 0.503. The molecule has 8 heteroatoms. The molecule has 0 bridgehead atoms. The third kappa shape index (κ3) is 3.14. The molecule has 1 atom stereocenters. The van der Waals surface area contributed by atoms with Crippen molar-refractivity contribution in [1.29, 1.82) is 5.26 Å². The van der Waals surface area contributed by atoms with Crippen LogP contribution in [0.4, 0.5) is 15.3 Å². The van der Waals surface area contributed by atoms with E-state index in [-0.39, 0.29) is 57.9 Å². The minimum absolute atomic E-state index is 0. The summed E-state index contributed by atoms with van der Waals surface area (Å²) in [6.07, 6.45) is -1.53. The van der Waals surface area contributed by atoms with Crippen LogP contribution in [-0.2, 0) is 4.84 Å². The van der Waals surface area contributed by atoms with Gasteiger partial charge in [0.2, 0.25) is 0 Å². The molecule has 1 unspecified atom stereocenters. The molecule has 2 amide bonds. The van der Waals surface area contributed by atoms with Crippen LogP contribution in [0.3, 0.4) is 0 Å². The van der Waals surface area contributed by atoms with Gasteiger partial charge in [-0.3, -0.25) is 5.32 Å². The molecule has 0 radical (unpaired) electrons. The molecule has 1 heterocycles. The van der Waals surface area contributed by atoms with Crippen LogP contribution in [0, 0.1) is 11.3 Å². The molecular formula is C11H11KN3O4+.